The van der Waals surface area contributed by atoms with Gasteiger partial charge in [-0.2, -0.15) is 0 Å². The van der Waals surface area contributed by atoms with Crippen molar-refractivity contribution < 1.29 is 23.9 Å². The smallest absolute Gasteiger partial charge is 0.410 e. The lowest BCUT2D eigenvalue weighted by molar-refractivity contribution is -0.135. The number of hydrogen-bond acceptors (Lipinski definition) is 6. The van der Waals surface area contributed by atoms with Crippen LogP contribution in [0.15, 0.2) is 79.0 Å². The molecule has 282 valence electrons. The van der Waals surface area contributed by atoms with Crippen LogP contribution in [0.25, 0.3) is 44.4 Å². The molecule has 4 heterocycles. The van der Waals surface area contributed by atoms with Gasteiger partial charge in [-0.3, -0.25) is 9.69 Å². The van der Waals surface area contributed by atoms with Crippen molar-refractivity contribution >= 4 is 28.9 Å². The number of likely N-dealkylation sites (tertiary alicyclic amines) is 2. The number of methoxy groups -OCH3 is 1. The van der Waals surface area contributed by atoms with E-state index in [1.165, 1.54) is 7.11 Å². The Hall–Kier alpha value is -5.58. The number of carbonyl (C=O) groups excluding carboxylic acids is 3. The number of H-pyrrole nitrogens is 2. The maximum absolute atomic E-state index is 13.6. The molecule has 5 aromatic rings. The Labute approximate surface area is 316 Å². The average molecular weight is 731 g/mol. The summed E-state index contributed by atoms with van der Waals surface area (Å²) in [4.78, 5) is 53.8. The summed E-state index contributed by atoms with van der Waals surface area (Å²) in [5.74, 6) is 0.522. The van der Waals surface area contributed by atoms with Gasteiger partial charge < -0.3 is 29.7 Å². The number of ether oxygens (including phenoxy) is 2. The van der Waals surface area contributed by atoms with Crippen LogP contribution in [0.1, 0.15) is 83.9 Å². The molecule has 2 aliphatic rings. The number of nitrogens with one attached hydrogen (secondary N) is 3. The van der Waals surface area contributed by atoms with E-state index in [-0.39, 0.29) is 30.0 Å². The van der Waals surface area contributed by atoms with Gasteiger partial charge in [-0.1, -0.05) is 62.4 Å². The molecule has 7 rings (SSSR count). The van der Waals surface area contributed by atoms with E-state index in [9.17, 15) is 14.4 Å². The van der Waals surface area contributed by atoms with Gasteiger partial charge in [0.05, 0.1) is 31.1 Å². The molecule has 2 aromatic heterocycles. The Balaban J connectivity index is 1.03. The third kappa shape index (κ3) is 7.71. The molecule has 3 amide bonds. The van der Waals surface area contributed by atoms with Gasteiger partial charge in [0.25, 0.3) is 0 Å². The second-order valence-electron chi connectivity index (χ2n) is 15.7. The molecule has 0 radical (unpaired) electrons. The van der Waals surface area contributed by atoms with E-state index in [4.69, 9.17) is 14.5 Å². The minimum atomic E-state index is -0.676. The highest BCUT2D eigenvalue weighted by molar-refractivity contribution is 5.91. The maximum atomic E-state index is 13.6. The molecule has 2 fully saturated rings. The van der Waals surface area contributed by atoms with Crippen molar-refractivity contribution in [3.05, 3.63) is 90.5 Å². The van der Waals surface area contributed by atoms with E-state index < -0.39 is 17.7 Å². The summed E-state index contributed by atoms with van der Waals surface area (Å²) >= 11 is 0. The number of aromatic nitrogens is 3. The van der Waals surface area contributed by atoms with Gasteiger partial charge in [0.15, 0.2) is 0 Å². The Bertz CT molecular complexity index is 2150. The van der Waals surface area contributed by atoms with Crippen LogP contribution in [-0.4, -0.2) is 74.7 Å². The molecule has 0 unspecified atom stereocenters. The number of benzene rings is 3. The number of imidazole rings is 1. The molecular weight excluding hydrogens is 681 g/mol. The summed E-state index contributed by atoms with van der Waals surface area (Å²) < 4.78 is 10.4. The molecule has 54 heavy (non-hydrogen) atoms. The molecule has 0 spiro atoms. The first-order chi connectivity index (χ1) is 25.9. The van der Waals surface area contributed by atoms with Crippen LogP contribution >= 0.6 is 0 Å². The van der Waals surface area contributed by atoms with Crippen LogP contribution in [0.3, 0.4) is 0 Å². The molecule has 3 N–H and O–H groups in total. The quantitative estimate of drug-likeness (QED) is 0.146. The lowest BCUT2D eigenvalue weighted by Gasteiger charge is -2.30. The van der Waals surface area contributed by atoms with Crippen molar-refractivity contribution in [3.8, 4) is 33.6 Å². The fraction of sp³-hybridized carbons (Fsp3) is 0.395. The third-order valence-electron chi connectivity index (χ3n) is 10.5. The lowest BCUT2D eigenvalue weighted by atomic mass is 9.98. The SMILES string of the molecule is COC(=O)N[C@H](C(=O)N1CCC[C@H]1c1ncc(-c2ccc3cc(-c4ccc(-c5ccc([C@@H]6CCCN6C(=O)OC(C)(C)C)[nH]5)cc4)ccc3c2)[nH]1)C(C)C. The predicted octanol–water partition coefficient (Wildman–Crippen LogP) is 9.01. The van der Waals surface area contributed by atoms with Gasteiger partial charge >= 0.3 is 12.2 Å². The molecule has 0 saturated carbocycles. The number of hydrogen-bond donors (Lipinski definition) is 3. The molecule has 2 saturated heterocycles. The van der Waals surface area contributed by atoms with Crippen molar-refractivity contribution in [2.24, 2.45) is 5.92 Å². The largest absolute Gasteiger partial charge is 0.453 e. The van der Waals surface area contributed by atoms with Crippen LogP contribution in [0.2, 0.25) is 0 Å². The maximum Gasteiger partial charge on any atom is 0.410 e. The normalized spacial score (nSPS) is 18.0. The number of fused-ring (bicyclic) bond motifs is 1. The lowest BCUT2D eigenvalue weighted by Crippen LogP contribution is -2.51. The van der Waals surface area contributed by atoms with Gasteiger partial charge in [0.1, 0.15) is 17.5 Å². The summed E-state index contributed by atoms with van der Waals surface area (Å²) in [5.41, 5.74) is 6.75. The number of amides is 3. The summed E-state index contributed by atoms with van der Waals surface area (Å²) in [7, 11) is 1.30. The molecule has 0 bridgehead atoms. The second-order valence-corrected chi connectivity index (χ2v) is 15.7. The van der Waals surface area contributed by atoms with Crippen LogP contribution < -0.4 is 5.32 Å². The van der Waals surface area contributed by atoms with Gasteiger partial charge in [-0.25, -0.2) is 14.6 Å². The zero-order valence-electron chi connectivity index (χ0n) is 31.9. The highest BCUT2D eigenvalue weighted by Crippen LogP contribution is 2.36. The summed E-state index contributed by atoms with van der Waals surface area (Å²) in [5, 5.41) is 4.95. The van der Waals surface area contributed by atoms with Gasteiger partial charge in [-0.15, -0.1) is 0 Å². The van der Waals surface area contributed by atoms with E-state index in [0.717, 1.165) is 81.6 Å². The first-order valence-electron chi connectivity index (χ1n) is 18.9. The molecule has 2 aliphatic heterocycles. The topological polar surface area (TPSA) is 133 Å². The monoisotopic (exact) mass is 730 g/mol. The van der Waals surface area contributed by atoms with Crippen molar-refractivity contribution in [3.63, 3.8) is 0 Å². The molecule has 3 atom stereocenters. The van der Waals surface area contributed by atoms with Crippen LogP contribution in [0, 0.1) is 5.92 Å². The van der Waals surface area contributed by atoms with Crippen molar-refractivity contribution in [1.82, 2.24) is 30.1 Å². The summed E-state index contributed by atoms with van der Waals surface area (Å²) in [6.07, 6.45) is 4.47. The van der Waals surface area contributed by atoms with Crippen LogP contribution in [0.5, 0.6) is 0 Å². The Kier molecular flexibility index (Phi) is 10.2. The summed E-state index contributed by atoms with van der Waals surface area (Å²) in [6.45, 7) is 10.8. The van der Waals surface area contributed by atoms with E-state index >= 15 is 0 Å². The zero-order chi connectivity index (χ0) is 38.1. The second kappa shape index (κ2) is 15.0. The van der Waals surface area contributed by atoms with E-state index in [1.807, 2.05) is 50.6 Å². The molecule has 0 aliphatic carbocycles. The summed E-state index contributed by atoms with van der Waals surface area (Å²) in [6, 6.07) is 24.7. The minimum absolute atomic E-state index is 0.0181. The van der Waals surface area contributed by atoms with Gasteiger partial charge in [0, 0.05) is 30.0 Å². The van der Waals surface area contributed by atoms with E-state index in [0.29, 0.717) is 13.1 Å². The number of alkyl carbamates (subject to hydrolysis) is 1. The molecule has 11 nitrogen and oxygen atoms in total. The van der Waals surface area contributed by atoms with Crippen LogP contribution in [-0.2, 0) is 14.3 Å². The fourth-order valence-electron chi connectivity index (χ4n) is 7.68. The minimum Gasteiger partial charge on any atom is -0.453 e. The number of aromatic amines is 2. The van der Waals surface area contributed by atoms with Crippen LogP contribution in [0.4, 0.5) is 9.59 Å². The average Bonchev–Trinajstić information content (AvgIpc) is 3.98. The Morgan fingerprint density at radius 1 is 0.778 bits per heavy atom. The zero-order valence-corrected chi connectivity index (χ0v) is 31.9. The van der Waals surface area contributed by atoms with E-state index in [1.54, 1.807) is 0 Å². The van der Waals surface area contributed by atoms with Crippen molar-refractivity contribution in [2.75, 3.05) is 20.2 Å². The molecule has 11 heteroatoms. The van der Waals surface area contributed by atoms with Crippen molar-refractivity contribution in [2.45, 2.75) is 84.0 Å². The first kappa shape index (κ1) is 36.8. The van der Waals surface area contributed by atoms with Gasteiger partial charge in [-0.05, 0) is 104 Å². The Morgan fingerprint density at radius 3 is 2.09 bits per heavy atom. The molecular formula is C43H50N6O5. The highest BCUT2D eigenvalue weighted by atomic mass is 16.6. The van der Waals surface area contributed by atoms with Crippen molar-refractivity contribution in [1.29, 1.82) is 0 Å². The fourth-order valence-corrected chi connectivity index (χ4v) is 7.68. The number of rotatable bonds is 8. The highest BCUT2D eigenvalue weighted by Gasteiger charge is 2.38. The number of carbonyl (C=O) groups is 3. The standard InChI is InChI=1S/C43H50N6O5/c1-26(2)38(47-41(51)53-6)40(50)48-21-8-10-37(48)39-44-25-35(46-39)32-18-17-30-23-29(15-16-31(30)24-32)27-11-13-28(14-12-27)33-19-20-34(45-33)36-9-7-22-49(36)42(52)54-43(3,4)5/h11-20,23-26,36-38,45H,7-10,21-22H2,1-6H3,(H,44,46)(H,47,51)/t36-,37-,38-/m0/s1. The number of nitrogens with zero attached hydrogens (tertiary/aromatic N) is 3. The first-order valence-corrected chi connectivity index (χ1v) is 18.9. The van der Waals surface area contributed by atoms with E-state index in [2.05, 4.69) is 88.1 Å². The third-order valence-corrected chi connectivity index (χ3v) is 10.5. The van der Waals surface area contributed by atoms with Gasteiger partial charge in [0.2, 0.25) is 5.91 Å². The predicted molar refractivity (Wildman–Crippen MR) is 210 cm³/mol. The Morgan fingerprint density at radius 2 is 1.41 bits per heavy atom. The molecule has 3 aromatic carbocycles.